The van der Waals surface area contributed by atoms with Crippen LogP contribution in [0.1, 0.15) is 42.9 Å². The van der Waals surface area contributed by atoms with Crippen LogP contribution < -0.4 is 0 Å². The Morgan fingerprint density at radius 1 is 1.42 bits per heavy atom. The second-order valence-electron chi connectivity index (χ2n) is 3.36. The highest BCUT2D eigenvalue weighted by Crippen LogP contribution is 2.27. The van der Waals surface area contributed by atoms with E-state index in [9.17, 15) is 5.11 Å². The summed E-state index contributed by atoms with van der Waals surface area (Å²) in [5.74, 6) is 0.671. The number of aliphatic hydroxyl groups is 1. The van der Waals surface area contributed by atoms with Crippen molar-refractivity contribution in [2.75, 3.05) is 0 Å². The van der Waals surface area contributed by atoms with Gasteiger partial charge in [0, 0.05) is 5.56 Å². The zero-order chi connectivity index (χ0) is 8.55. The van der Waals surface area contributed by atoms with E-state index in [0.29, 0.717) is 5.76 Å². The highest BCUT2D eigenvalue weighted by molar-refractivity contribution is 5.26. The van der Waals surface area contributed by atoms with Gasteiger partial charge in [-0.3, -0.25) is 0 Å². The van der Waals surface area contributed by atoms with E-state index in [1.165, 1.54) is 12.8 Å². The van der Waals surface area contributed by atoms with Crippen molar-refractivity contribution in [2.45, 2.75) is 38.7 Å². The highest BCUT2D eigenvalue weighted by atomic mass is 16.5. The van der Waals surface area contributed by atoms with E-state index >= 15 is 0 Å². The van der Waals surface area contributed by atoms with E-state index < -0.39 is 6.10 Å². The standard InChI is InChI=1S/C9H13NO2/c1-6(11)9-7-4-2-3-5-8(7)10-12-9/h6,11H,2-5H2,1H3. The van der Waals surface area contributed by atoms with Crippen molar-refractivity contribution < 1.29 is 9.63 Å². The molecule has 2 rings (SSSR count). The van der Waals surface area contributed by atoms with Gasteiger partial charge in [-0.05, 0) is 32.6 Å². The van der Waals surface area contributed by atoms with E-state index in [1.807, 2.05) is 0 Å². The van der Waals surface area contributed by atoms with Crippen LogP contribution in [0, 0.1) is 0 Å². The molecule has 12 heavy (non-hydrogen) atoms. The lowest BCUT2D eigenvalue weighted by Gasteiger charge is -2.09. The molecular weight excluding hydrogens is 154 g/mol. The summed E-state index contributed by atoms with van der Waals surface area (Å²) in [4.78, 5) is 0. The monoisotopic (exact) mass is 167 g/mol. The first-order valence-corrected chi connectivity index (χ1v) is 4.44. The quantitative estimate of drug-likeness (QED) is 0.691. The predicted octanol–water partition coefficient (Wildman–Crippen LogP) is 1.61. The van der Waals surface area contributed by atoms with Crippen molar-refractivity contribution in [3.05, 3.63) is 17.0 Å². The molecule has 1 aromatic rings. The predicted molar refractivity (Wildman–Crippen MR) is 43.8 cm³/mol. The van der Waals surface area contributed by atoms with Crippen LogP contribution in [0.4, 0.5) is 0 Å². The first-order valence-electron chi connectivity index (χ1n) is 4.44. The third-order valence-corrected chi connectivity index (χ3v) is 2.37. The molecule has 1 aliphatic carbocycles. The van der Waals surface area contributed by atoms with E-state index in [4.69, 9.17) is 4.52 Å². The molecule has 1 atom stereocenters. The third-order valence-electron chi connectivity index (χ3n) is 2.37. The molecule has 0 amide bonds. The average Bonchev–Trinajstić information content (AvgIpc) is 2.47. The van der Waals surface area contributed by atoms with Crippen LogP contribution in [-0.2, 0) is 12.8 Å². The number of rotatable bonds is 1. The summed E-state index contributed by atoms with van der Waals surface area (Å²) in [5.41, 5.74) is 2.20. The van der Waals surface area contributed by atoms with Gasteiger partial charge >= 0.3 is 0 Å². The molecule has 0 saturated carbocycles. The Labute approximate surface area is 71.4 Å². The van der Waals surface area contributed by atoms with Gasteiger partial charge in [0.2, 0.25) is 0 Å². The van der Waals surface area contributed by atoms with Gasteiger partial charge in [0.1, 0.15) is 6.10 Å². The fraction of sp³-hybridized carbons (Fsp3) is 0.667. The minimum atomic E-state index is -0.514. The van der Waals surface area contributed by atoms with Crippen LogP contribution in [0.15, 0.2) is 4.52 Å². The van der Waals surface area contributed by atoms with Crippen molar-refractivity contribution in [3.63, 3.8) is 0 Å². The van der Waals surface area contributed by atoms with Gasteiger partial charge in [0.25, 0.3) is 0 Å². The molecule has 0 saturated heterocycles. The molecule has 0 aromatic carbocycles. The molecule has 1 heterocycles. The fourth-order valence-electron chi connectivity index (χ4n) is 1.74. The van der Waals surface area contributed by atoms with Gasteiger partial charge in [-0.1, -0.05) is 5.16 Å². The molecule has 0 radical (unpaired) electrons. The number of aliphatic hydroxyl groups excluding tert-OH is 1. The molecule has 3 nitrogen and oxygen atoms in total. The summed E-state index contributed by atoms with van der Waals surface area (Å²) in [7, 11) is 0. The molecule has 0 bridgehead atoms. The lowest BCUT2D eigenvalue weighted by atomic mass is 9.95. The molecule has 0 fully saturated rings. The fourth-order valence-corrected chi connectivity index (χ4v) is 1.74. The number of nitrogens with zero attached hydrogens (tertiary/aromatic N) is 1. The Hall–Kier alpha value is -0.830. The van der Waals surface area contributed by atoms with Gasteiger partial charge in [-0.15, -0.1) is 0 Å². The van der Waals surface area contributed by atoms with Crippen LogP contribution >= 0.6 is 0 Å². The number of aromatic nitrogens is 1. The summed E-state index contributed by atoms with van der Waals surface area (Å²) in [5, 5.41) is 13.3. The van der Waals surface area contributed by atoms with Crippen LogP contribution in [0.2, 0.25) is 0 Å². The molecule has 1 aromatic heterocycles. The van der Waals surface area contributed by atoms with E-state index in [-0.39, 0.29) is 0 Å². The second-order valence-corrected chi connectivity index (χ2v) is 3.36. The Morgan fingerprint density at radius 2 is 2.17 bits per heavy atom. The molecular formula is C9H13NO2. The molecule has 0 aliphatic heterocycles. The van der Waals surface area contributed by atoms with Crippen molar-refractivity contribution in [3.8, 4) is 0 Å². The summed E-state index contributed by atoms with van der Waals surface area (Å²) < 4.78 is 5.08. The van der Waals surface area contributed by atoms with Crippen LogP contribution in [0.3, 0.4) is 0 Å². The number of hydrogen-bond donors (Lipinski definition) is 1. The van der Waals surface area contributed by atoms with Crippen molar-refractivity contribution in [1.29, 1.82) is 0 Å². The van der Waals surface area contributed by atoms with Gasteiger partial charge in [-0.2, -0.15) is 0 Å². The Bertz CT molecular complexity index is 278. The second kappa shape index (κ2) is 2.90. The number of aryl methyl sites for hydroxylation is 1. The Morgan fingerprint density at radius 3 is 2.92 bits per heavy atom. The minimum absolute atomic E-state index is 0.514. The van der Waals surface area contributed by atoms with Gasteiger partial charge in [0.15, 0.2) is 5.76 Å². The third kappa shape index (κ3) is 1.14. The summed E-state index contributed by atoms with van der Waals surface area (Å²) in [6, 6.07) is 0. The van der Waals surface area contributed by atoms with Crippen molar-refractivity contribution >= 4 is 0 Å². The topological polar surface area (TPSA) is 46.3 Å². The zero-order valence-corrected chi connectivity index (χ0v) is 7.21. The van der Waals surface area contributed by atoms with E-state index in [0.717, 1.165) is 24.1 Å². The molecule has 0 spiro atoms. The minimum Gasteiger partial charge on any atom is -0.385 e. The van der Waals surface area contributed by atoms with Gasteiger partial charge in [0.05, 0.1) is 5.69 Å². The first kappa shape index (κ1) is 7.80. The maximum absolute atomic E-state index is 9.33. The molecule has 66 valence electrons. The highest BCUT2D eigenvalue weighted by Gasteiger charge is 2.21. The summed E-state index contributed by atoms with van der Waals surface area (Å²) in [6.45, 7) is 1.72. The molecule has 3 heteroatoms. The Kier molecular flexibility index (Phi) is 1.89. The Balaban J connectivity index is 2.38. The summed E-state index contributed by atoms with van der Waals surface area (Å²) in [6.07, 6.45) is 3.89. The maximum Gasteiger partial charge on any atom is 0.168 e. The molecule has 1 aliphatic rings. The smallest absolute Gasteiger partial charge is 0.168 e. The molecule has 1 N–H and O–H groups in total. The number of fused-ring (bicyclic) bond motifs is 1. The summed E-state index contributed by atoms with van der Waals surface area (Å²) >= 11 is 0. The average molecular weight is 167 g/mol. The van der Waals surface area contributed by atoms with E-state index in [1.54, 1.807) is 6.92 Å². The van der Waals surface area contributed by atoms with Crippen LogP contribution in [-0.4, -0.2) is 10.3 Å². The van der Waals surface area contributed by atoms with Crippen LogP contribution in [0.5, 0.6) is 0 Å². The SMILES string of the molecule is CC(O)c1onc2c1CCCC2. The lowest BCUT2D eigenvalue weighted by molar-refractivity contribution is 0.156. The van der Waals surface area contributed by atoms with E-state index in [2.05, 4.69) is 5.16 Å². The zero-order valence-electron chi connectivity index (χ0n) is 7.21. The van der Waals surface area contributed by atoms with Crippen molar-refractivity contribution in [2.24, 2.45) is 0 Å². The van der Waals surface area contributed by atoms with Gasteiger partial charge in [-0.25, -0.2) is 0 Å². The van der Waals surface area contributed by atoms with Crippen LogP contribution in [0.25, 0.3) is 0 Å². The largest absolute Gasteiger partial charge is 0.385 e. The normalized spacial score (nSPS) is 18.8. The van der Waals surface area contributed by atoms with Gasteiger partial charge < -0.3 is 9.63 Å². The lowest BCUT2D eigenvalue weighted by Crippen LogP contribution is -2.03. The maximum atomic E-state index is 9.33. The molecule has 1 unspecified atom stereocenters. The van der Waals surface area contributed by atoms with Crippen molar-refractivity contribution in [1.82, 2.24) is 5.16 Å². The number of hydrogen-bond acceptors (Lipinski definition) is 3. The first-order chi connectivity index (χ1) is 5.79.